The van der Waals surface area contributed by atoms with Crippen LogP contribution < -0.4 is 4.74 Å². The maximum Gasteiger partial charge on any atom is 0.191 e. The predicted octanol–water partition coefficient (Wildman–Crippen LogP) is 4.21. The molecule has 1 aromatic rings. The lowest BCUT2D eigenvalue weighted by Gasteiger charge is -2.08. The second kappa shape index (κ2) is 4.89. The fourth-order valence-electron chi connectivity index (χ4n) is 1.82. The van der Waals surface area contributed by atoms with Gasteiger partial charge in [0.2, 0.25) is 0 Å². The van der Waals surface area contributed by atoms with E-state index in [9.17, 15) is 4.79 Å². The quantitative estimate of drug-likeness (QED) is 0.780. The number of rotatable bonds is 3. The van der Waals surface area contributed by atoms with Crippen LogP contribution in [0.2, 0.25) is 10.0 Å². The average Bonchev–Trinajstić information content (AvgIpc) is 2.62. The zero-order valence-corrected chi connectivity index (χ0v) is 11.3. The van der Waals surface area contributed by atoms with Crippen molar-refractivity contribution >= 4 is 46.7 Å². The molecule has 1 aliphatic carbocycles. The van der Waals surface area contributed by atoms with Gasteiger partial charge < -0.3 is 4.74 Å². The highest BCUT2D eigenvalue weighted by atomic mass is 35.5. The molecule has 0 fully saturated rings. The number of fused-ring (bicyclic) bond motifs is 1. The summed E-state index contributed by atoms with van der Waals surface area (Å²) in [7, 11) is 1.50. The van der Waals surface area contributed by atoms with Crippen LogP contribution in [0.5, 0.6) is 5.75 Å². The van der Waals surface area contributed by atoms with Crippen LogP contribution in [-0.2, 0) is 0 Å². The van der Waals surface area contributed by atoms with E-state index in [1.54, 1.807) is 12.1 Å². The Labute approximate surface area is 114 Å². The molecule has 0 saturated carbocycles. The minimum atomic E-state index is -0.102. The van der Waals surface area contributed by atoms with Crippen LogP contribution >= 0.6 is 34.8 Å². The zero-order chi connectivity index (χ0) is 12.6. The van der Waals surface area contributed by atoms with Gasteiger partial charge in [-0.25, -0.2) is 0 Å². The molecule has 1 aromatic carbocycles. The van der Waals surface area contributed by atoms with Crippen LogP contribution in [0.25, 0.3) is 6.08 Å². The lowest BCUT2D eigenvalue weighted by atomic mass is 10.1. The Morgan fingerprint density at radius 1 is 1.29 bits per heavy atom. The number of ketones is 1. The van der Waals surface area contributed by atoms with E-state index in [0.717, 1.165) is 5.56 Å². The molecule has 5 heteroatoms. The van der Waals surface area contributed by atoms with Crippen molar-refractivity contribution in [3.8, 4) is 5.75 Å². The normalized spacial score (nSPS) is 13.6. The van der Waals surface area contributed by atoms with Gasteiger partial charge in [-0.3, -0.25) is 4.79 Å². The van der Waals surface area contributed by atoms with Gasteiger partial charge in [0.25, 0.3) is 0 Å². The topological polar surface area (TPSA) is 26.3 Å². The molecule has 0 heterocycles. The minimum absolute atomic E-state index is 0.102. The van der Waals surface area contributed by atoms with Crippen LogP contribution in [0.15, 0.2) is 11.6 Å². The summed E-state index contributed by atoms with van der Waals surface area (Å²) in [5.41, 5.74) is 1.83. The number of hydrogen-bond acceptors (Lipinski definition) is 2. The highest BCUT2D eigenvalue weighted by molar-refractivity contribution is 6.46. The van der Waals surface area contributed by atoms with Gasteiger partial charge in [0, 0.05) is 17.0 Å². The summed E-state index contributed by atoms with van der Waals surface area (Å²) in [6.45, 7) is 0. The van der Waals surface area contributed by atoms with Crippen molar-refractivity contribution in [1.82, 2.24) is 0 Å². The van der Waals surface area contributed by atoms with E-state index in [4.69, 9.17) is 39.5 Å². The molecule has 0 amide bonds. The standard InChI is InChI=1S/C12H9Cl3O2/c1-17-8-5-7-4-6(2-3-13)12(16)9(7)11(15)10(8)14/h4-5H,2-3H2,1H3. The summed E-state index contributed by atoms with van der Waals surface area (Å²) >= 11 is 17.7. The maximum atomic E-state index is 12.0. The summed E-state index contributed by atoms with van der Waals surface area (Å²) < 4.78 is 5.10. The molecule has 2 rings (SSSR count). The number of methoxy groups -OCH3 is 1. The molecule has 0 saturated heterocycles. The third-order valence-corrected chi connectivity index (χ3v) is 3.67. The van der Waals surface area contributed by atoms with Crippen molar-refractivity contribution in [1.29, 1.82) is 0 Å². The first-order valence-corrected chi connectivity index (χ1v) is 6.26. The molecular formula is C12H9Cl3O2. The molecule has 0 N–H and O–H groups in total. The number of halogens is 3. The van der Waals surface area contributed by atoms with Crippen molar-refractivity contribution in [2.24, 2.45) is 0 Å². The summed E-state index contributed by atoms with van der Waals surface area (Å²) in [6.07, 6.45) is 2.30. The van der Waals surface area contributed by atoms with Crippen LogP contribution in [0, 0.1) is 0 Å². The van der Waals surface area contributed by atoms with Gasteiger partial charge in [-0.2, -0.15) is 0 Å². The monoisotopic (exact) mass is 290 g/mol. The van der Waals surface area contributed by atoms with Crippen molar-refractivity contribution < 1.29 is 9.53 Å². The number of benzene rings is 1. The van der Waals surface area contributed by atoms with Gasteiger partial charge in [-0.05, 0) is 24.1 Å². The first-order valence-electron chi connectivity index (χ1n) is 4.97. The van der Waals surface area contributed by atoms with E-state index < -0.39 is 0 Å². The number of ether oxygens (including phenoxy) is 1. The number of carbonyl (C=O) groups is 1. The number of carbonyl (C=O) groups excluding carboxylic acids is 1. The van der Waals surface area contributed by atoms with Crippen molar-refractivity contribution in [2.45, 2.75) is 6.42 Å². The Bertz CT molecular complexity index is 521. The highest BCUT2D eigenvalue weighted by Crippen LogP contribution is 2.41. The molecule has 0 atom stereocenters. The molecule has 0 aliphatic heterocycles. The van der Waals surface area contributed by atoms with E-state index >= 15 is 0 Å². The molecular weight excluding hydrogens is 282 g/mol. The number of alkyl halides is 1. The van der Waals surface area contributed by atoms with E-state index in [0.29, 0.717) is 29.2 Å². The predicted molar refractivity (Wildman–Crippen MR) is 70.7 cm³/mol. The average molecular weight is 292 g/mol. The number of allylic oxidation sites excluding steroid dienone is 1. The minimum Gasteiger partial charge on any atom is -0.495 e. The summed E-state index contributed by atoms with van der Waals surface area (Å²) in [4.78, 5) is 12.0. The van der Waals surface area contributed by atoms with E-state index in [1.165, 1.54) is 7.11 Å². The Hall–Kier alpha value is -0.700. The Morgan fingerprint density at radius 3 is 2.59 bits per heavy atom. The smallest absolute Gasteiger partial charge is 0.191 e. The molecule has 0 radical (unpaired) electrons. The van der Waals surface area contributed by atoms with E-state index in [1.807, 2.05) is 0 Å². The van der Waals surface area contributed by atoms with Crippen LogP contribution in [0.3, 0.4) is 0 Å². The third-order valence-electron chi connectivity index (χ3n) is 2.64. The van der Waals surface area contributed by atoms with Gasteiger partial charge in [-0.1, -0.05) is 23.2 Å². The molecule has 0 bridgehead atoms. The summed E-state index contributed by atoms with van der Waals surface area (Å²) in [5.74, 6) is 0.760. The molecule has 17 heavy (non-hydrogen) atoms. The van der Waals surface area contributed by atoms with Gasteiger partial charge in [0.05, 0.1) is 12.1 Å². The first-order chi connectivity index (χ1) is 8.10. The Balaban J connectivity index is 2.56. The highest BCUT2D eigenvalue weighted by Gasteiger charge is 2.27. The van der Waals surface area contributed by atoms with Gasteiger partial charge in [0.1, 0.15) is 10.8 Å². The lowest BCUT2D eigenvalue weighted by molar-refractivity contribution is 0.103. The van der Waals surface area contributed by atoms with Crippen molar-refractivity contribution in [2.75, 3.05) is 13.0 Å². The van der Waals surface area contributed by atoms with Crippen LogP contribution in [0.4, 0.5) is 0 Å². The first kappa shape index (κ1) is 12.7. The van der Waals surface area contributed by atoms with E-state index in [-0.39, 0.29) is 15.8 Å². The lowest BCUT2D eigenvalue weighted by Crippen LogP contribution is -2.01. The molecule has 0 aromatic heterocycles. The maximum absolute atomic E-state index is 12.0. The van der Waals surface area contributed by atoms with Gasteiger partial charge >= 0.3 is 0 Å². The molecule has 0 unspecified atom stereocenters. The zero-order valence-electron chi connectivity index (χ0n) is 9.02. The number of hydrogen-bond donors (Lipinski definition) is 0. The van der Waals surface area contributed by atoms with Crippen molar-refractivity contribution in [3.05, 3.63) is 32.8 Å². The molecule has 2 nitrogen and oxygen atoms in total. The molecule has 90 valence electrons. The molecule has 1 aliphatic rings. The van der Waals surface area contributed by atoms with Gasteiger partial charge in [-0.15, -0.1) is 11.6 Å². The van der Waals surface area contributed by atoms with Gasteiger partial charge in [0.15, 0.2) is 5.78 Å². The Kier molecular flexibility index (Phi) is 3.67. The van der Waals surface area contributed by atoms with E-state index in [2.05, 4.69) is 0 Å². The number of Topliss-reactive ketones (excluding diaryl/α,β-unsaturated/α-hetero) is 1. The van der Waals surface area contributed by atoms with Crippen LogP contribution in [0.1, 0.15) is 22.3 Å². The summed E-state index contributed by atoms with van der Waals surface area (Å²) in [6, 6.07) is 1.71. The molecule has 0 spiro atoms. The second-order valence-corrected chi connectivity index (χ2v) is 4.74. The Morgan fingerprint density at radius 2 is 2.00 bits per heavy atom. The van der Waals surface area contributed by atoms with Crippen molar-refractivity contribution in [3.63, 3.8) is 0 Å². The summed E-state index contributed by atoms with van der Waals surface area (Å²) in [5, 5.41) is 0.508. The SMILES string of the molecule is COc1cc2c(c(Cl)c1Cl)C(=O)C(CCCl)=C2. The van der Waals surface area contributed by atoms with Crippen LogP contribution in [-0.4, -0.2) is 18.8 Å². The largest absolute Gasteiger partial charge is 0.495 e. The fraction of sp³-hybridized carbons (Fsp3) is 0.250. The third kappa shape index (κ3) is 2.05. The fourth-order valence-corrected chi connectivity index (χ4v) is 2.53. The second-order valence-electron chi connectivity index (χ2n) is 3.61.